The predicted octanol–water partition coefficient (Wildman–Crippen LogP) is 4.25. The summed E-state index contributed by atoms with van der Waals surface area (Å²) in [4.78, 5) is 28.2. The first kappa shape index (κ1) is 21.1. The van der Waals surface area contributed by atoms with E-state index in [1.165, 1.54) is 24.1 Å². The topological polar surface area (TPSA) is 70.7 Å². The summed E-state index contributed by atoms with van der Waals surface area (Å²) in [5.41, 5.74) is 3.39. The number of anilines is 2. The van der Waals surface area contributed by atoms with Crippen LogP contribution in [0.4, 0.5) is 11.4 Å². The van der Waals surface area contributed by atoms with Gasteiger partial charge in [0.25, 0.3) is 5.91 Å². The van der Waals surface area contributed by atoms with Gasteiger partial charge in [-0.15, -0.1) is 11.3 Å². The van der Waals surface area contributed by atoms with Gasteiger partial charge in [-0.1, -0.05) is 12.1 Å². The minimum atomic E-state index is -0.365. The Kier molecular flexibility index (Phi) is 6.34. The number of nitrogens with one attached hydrogen (secondary N) is 2. The van der Waals surface area contributed by atoms with Crippen molar-refractivity contribution in [2.24, 2.45) is 0 Å². The highest BCUT2D eigenvalue weighted by Crippen LogP contribution is 2.29. The fraction of sp³-hybridized carbons (Fsp3) is 0.250. The normalized spacial score (nSPS) is 15.7. The van der Waals surface area contributed by atoms with Gasteiger partial charge in [-0.05, 0) is 67.6 Å². The van der Waals surface area contributed by atoms with E-state index in [9.17, 15) is 9.59 Å². The number of methoxy groups -OCH3 is 1. The molecular formula is C24H25N3O3S. The smallest absolute Gasteiger partial charge is 0.337 e. The number of nitrogens with zero attached hydrogens (tertiary/aromatic N) is 1. The van der Waals surface area contributed by atoms with Gasteiger partial charge >= 0.3 is 5.97 Å². The lowest BCUT2D eigenvalue weighted by Crippen LogP contribution is -2.29. The molecule has 7 heteroatoms. The van der Waals surface area contributed by atoms with Crippen molar-refractivity contribution >= 4 is 34.6 Å². The molecule has 160 valence electrons. The predicted molar refractivity (Wildman–Crippen MR) is 125 cm³/mol. The standard InChI is InChI=1S/C24H25N3O3S/c1-25-19-13-14-27(15-19)20-9-7-18(8-10-20)26-23(28)22-12-11-21(31-22)16-3-5-17(6-4-16)24(29)30-2/h3-12,19,25H,13-15H2,1-2H3,(H,26,28). The zero-order chi connectivity index (χ0) is 21.8. The van der Waals surface area contributed by atoms with Crippen LogP contribution in [-0.4, -0.2) is 45.2 Å². The van der Waals surface area contributed by atoms with Gasteiger partial charge in [-0.3, -0.25) is 4.79 Å². The maximum absolute atomic E-state index is 12.7. The van der Waals surface area contributed by atoms with Gasteiger partial charge in [0.05, 0.1) is 17.6 Å². The molecule has 2 N–H and O–H groups in total. The number of hydrogen-bond donors (Lipinski definition) is 2. The van der Waals surface area contributed by atoms with Gasteiger partial charge in [0.2, 0.25) is 0 Å². The molecule has 0 bridgehead atoms. The average molecular weight is 436 g/mol. The van der Waals surface area contributed by atoms with Crippen LogP contribution >= 0.6 is 11.3 Å². The largest absolute Gasteiger partial charge is 0.465 e. The number of esters is 1. The second-order valence-electron chi connectivity index (χ2n) is 7.45. The van der Waals surface area contributed by atoms with E-state index in [-0.39, 0.29) is 11.9 Å². The summed E-state index contributed by atoms with van der Waals surface area (Å²) >= 11 is 1.42. The van der Waals surface area contributed by atoms with E-state index in [0.717, 1.165) is 35.6 Å². The van der Waals surface area contributed by atoms with Gasteiger partial charge < -0.3 is 20.3 Å². The van der Waals surface area contributed by atoms with E-state index in [0.29, 0.717) is 16.5 Å². The summed E-state index contributed by atoms with van der Waals surface area (Å²) in [6.45, 7) is 2.04. The van der Waals surface area contributed by atoms with Crippen LogP contribution in [0.15, 0.2) is 60.7 Å². The van der Waals surface area contributed by atoms with E-state index >= 15 is 0 Å². The lowest BCUT2D eigenvalue weighted by atomic mass is 10.1. The van der Waals surface area contributed by atoms with E-state index < -0.39 is 0 Å². The van der Waals surface area contributed by atoms with Crippen LogP contribution in [0.3, 0.4) is 0 Å². The Morgan fingerprint density at radius 3 is 2.42 bits per heavy atom. The lowest BCUT2D eigenvalue weighted by Gasteiger charge is -2.19. The highest BCUT2D eigenvalue weighted by Gasteiger charge is 2.21. The van der Waals surface area contributed by atoms with Crippen molar-refractivity contribution in [1.29, 1.82) is 0 Å². The third kappa shape index (κ3) is 4.78. The molecule has 3 aromatic rings. The third-order valence-corrected chi connectivity index (χ3v) is 6.64. The maximum atomic E-state index is 12.7. The van der Waals surface area contributed by atoms with Crippen LogP contribution < -0.4 is 15.5 Å². The molecule has 4 rings (SSSR count). The number of thiophene rings is 1. The van der Waals surface area contributed by atoms with Gasteiger partial charge in [0.1, 0.15) is 0 Å². The molecule has 31 heavy (non-hydrogen) atoms. The van der Waals surface area contributed by atoms with Crippen molar-refractivity contribution in [1.82, 2.24) is 5.32 Å². The van der Waals surface area contributed by atoms with E-state index in [1.54, 1.807) is 12.1 Å². The van der Waals surface area contributed by atoms with Crippen molar-refractivity contribution in [2.45, 2.75) is 12.5 Å². The second-order valence-corrected chi connectivity index (χ2v) is 8.54. The number of hydrogen-bond acceptors (Lipinski definition) is 6. The molecule has 1 unspecified atom stereocenters. The van der Waals surface area contributed by atoms with Crippen molar-refractivity contribution in [2.75, 3.05) is 37.5 Å². The van der Waals surface area contributed by atoms with E-state index in [4.69, 9.17) is 4.74 Å². The zero-order valence-corrected chi connectivity index (χ0v) is 18.4. The molecule has 1 amide bonds. The Bertz CT molecular complexity index is 1060. The van der Waals surface area contributed by atoms with Crippen molar-refractivity contribution in [3.8, 4) is 10.4 Å². The Morgan fingerprint density at radius 1 is 1.03 bits per heavy atom. The molecular weight excluding hydrogens is 410 g/mol. The third-order valence-electron chi connectivity index (χ3n) is 5.51. The highest BCUT2D eigenvalue weighted by atomic mass is 32.1. The minimum absolute atomic E-state index is 0.133. The summed E-state index contributed by atoms with van der Waals surface area (Å²) < 4.78 is 4.73. The number of likely N-dealkylation sites (N-methyl/N-ethyl adjacent to an activating group) is 1. The first-order chi connectivity index (χ1) is 15.1. The number of rotatable bonds is 6. The molecule has 2 heterocycles. The number of carbonyl (C=O) groups excluding carboxylic acids is 2. The summed E-state index contributed by atoms with van der Waals surface area (Å²) in [6, 6.07) is 19.4. The molecule has 0 radical (unpaired) electrons. The Balaban J connectivity index is 1.39. The summed E-state index contributed by atoms with van der Waals surface area (Å²) in [7, 11) is 3.36. The van der Waals surface area contributed by atoms with Crippen LogP contribution in [0.5, 0.6) is 0 Å². The van der Waals surface area contributed by atoms with Crippen LogP contribution in [0.2, 0.25) is 0 Å². The number of ether oxygens (including phenoxy) is 1. The van der Waals surface area contributed by atoms with Crippen LogP contribution in [0.25, 0.3) is 10.4 Å². The van der Waals surface area contributed by atoms with Gasteiger partial charge in [-0.25, -0.2) is 4.79 Å². The molecule has 6 nitrogen and oxygen atoms in total. The first-order valence-corrected chi connectivity index (χ1v) is 11.0. The average Bonchev–Trinajstić information content (AvgIpc) is 3.49. The molecule has 0 spiro atoms. The van der Waals surface area contributed by atoms with Crippen molar-refractivity contribution in [3.05, 3.63) is 71.1 Å². The van der Waals surface area contributed by atoms with Gasteiger partial charge in [0, 0.05) is 35.4 Å². The fourth-order valence-corrected chi connectivity index (χ4v) is 4.59. The summed E-state index contributed by atoms with van der Waals surface area (Å²) in [6.07, 6.45) is 1.14. The Hall–Kier alpha value is -3.16. The molecule has 2 aromatic carbocycles. The maximum Gasteiger partial charge on any atom is 0.337 e. The second kappa shape index (κ2) is 9.32. The summed E-state index contributed by atoms with van der Waals surface area (Å²) in [5, 5.41) is 6.30. The number of benzene rings is 2. The molecule has 1 atom stereocenters. The van der Waals surface area contributed by atoms with Crippen LogP contribution in [-0.2, 0) is 4.74 Å². The molecule has 0 saturated carbocycles. The van der Waals surface area contributed by atoms with Crippen molar-refractivity contribution < 1.29 is 14.3 Å². The highest BCUT2D eigenvalue weighted by molar-refractivity contribution is 7.17. The summed E-state index contributed by atoms with van der Waals surface area (Å²) in [5.74, 6) is -0.498. The van der Waals surface area contributed by atoms with Crippen molar-refractivity contribution in [3.63, 3.8) is 0 Å². The first-order valence-electron chi connectivity index (χ1n) is 10.2. The Labute approximate surface area is 185 Å². The van der Waals surface area contributed by atoms with Crippen LogP contribution in [0.1, 0.15) is 26.5 Å². The zero-order valence-electron chi connectivity index (χ0n) is 17.6. The monoisotopic (exact) mass is 435 g/mol. The minimum Gasteiger partial charge on any atom is -0.465 e. The SMILES string of the molecule is CNC1CCN(c2ccc(NC(=O)c3ccc(-c4ccc(C(=O)OC)cc4)s3)cc2)C1. The number of amides is 1. The van der Waals surface area contributed by atoms with E-state index in [2.05, 4.69) is 27.7 Å². The quantitative estimate of drug-likeness (QED) is 0.567. The van der Waals surface area contributed by atoms with E-state index in [1.807, 2.05) is 43.4 Å². The molecule has 1 fully saturated rings. The lowest BCUT2D eigenvalue weighted by molar-refractivity contribution is 0.0600. The Morgan fingerprint density at radius 2 is 1.77 bits per heavy atom. The van der Waals surface area contributed by atoms with Gasteiger partial charge in [0.15, 0.2) is 0 Å². The molecule has 1 aliphatic rings. The fourth-order valence-electron chi connectivity index (χ4n) is 3.68. The number of carbonyl (C=O) groups is 2. The van der Waals surface area contributed by atoms with Gasteiger partial charge in [-0.2, -0.15) is 0 Å². The van der Waals surface area contributed by atoms with Crippen LogP contribution in [0, 0.1) is 0 Å². The molecule has 1 saturated heterocycles. The molecule has 1 aliphatic heterocycles. The molecule has 0 aliphatic carbocycles. The molecule has 1 aromatic heterocycles.